The van der Waals surface area contributed by atoms with Crippen LogP contribution in [0.15, 0.2) is 160 Å². The number of nitrogens with zero attached hydrogens (tertiary/aromatic N) is 4. The van der Waals surface area contributed by atoms with Gasteiger partial charge >= 0.3 is 0 Å². The quantitative estimate of drug-likeness (QED) is 0.175. The second kappa shape index (κ2) is 10.8. The van der Waals surface area contributed by atoms with Crippen molar-refractivity contribution >= 4 is 83.3 Å². The van der Waals surface area contributed by atoms with Gasteiger partial charge in [-0.05, 0) is 79.7 Å². The van der Waals surface area contributed by atoms with Gasteiger partial charge in [-0.25, -0.2) is 9.97 Å². The van der Waals surface area contributed by atoms with Crippen molar-refractivity contribution < 1.29 is 4.42 Å². The number of benzene rings is 6. The third-order valence-electron chi connectivity index (χ3n) is 10.0. The molecule has 11 rings (SSSR count). The summed E-state index contributed by atoms with van der Waals surface area (Å²) in [6, 6.07) is 45.3. The number of furan rings is 1. The molecule has 5 heterocycles. The molecule has 0 atom stereocenters. The summed E-state index contributed by atoms with van der Waals surface area (Å²) in [4.78, 5) is 13.1. The van der Waals surface area contributed by atoms with E-state index in [4.69, 9.17) is 14.4 Å². The zero-order valence-corrected chi connectivity index (χ0v) is 28.4. The van der Waals surface area contributed by atoms with Gasteiger partial charge in [-0.1, -0.05) is 90.7 Å². The first-order valence-corrected chi connectivity index (χ1v) is 17.9. The lowest BCUT2D eigenvalue weighted by atomic mass is 10.1. The summed E-state index contributed by atoms with van der Waals surface area (Å²) in [5.41, 5.74) is 9.35. The number of hydrogen-bond donors (Lipinski definition) is 0. The van der Waals surface area contributed by atoms with E-state index in [1.54, 1.807) is 11.8 Å². The first kappa shape index (κ1) is 28.5. The largest absolute Gasteiger partial charge is 0.456 e. The molecule has 0 amide bonds. The van der Waals surface area contributed by atoms with Crippen molar-refractivity contribution in [3.05, 3.63) is 151 Å². The van der Waals surface area contributed by atoms with Gasteiger partial charge in [-0.2, -0.15) is 0 Å². The van der Waals surface area contributed by atoms with Crippen LogP contribution in [0.3, 0.4) is 0 Å². The van der Waals surface area contributed by atoms with E-state index < -0.39 is 0 Å². The third-order valence-corrected chi connectivity index (χ3v) is 11.2. The topological polar surface area (TPSA) is 48.8 Å². The molecule has 0 unspecified atom stereocenters. The van der Waals surface area contributed by atoms with Crippen LogP contribution in [0.5, 0.6) is 0 Å². The van der Waals surface area contributed by atoms with Crippen molar-refractivity contribution in [3.63, 3.8) is 0 Å². The van der Waals surface area contributed by atoms with E-state index in [9.17, 15) is 0 Å². The highest BCUT2D eigenvalue weighted by molar-refractivity contribution is 7.99. The van der Waals surface area contributed by atoms with Crippen LogP contribution in [0.25, 0.3) is 94.5 Å². The van der Waals surface area contributed by atoms with Gasteiger partial charge in [0, 0.05) is 48.0 Å². The molecule has 0 radical (unpaired) electrons. The highest BCUT2D eigenvalue weighted by atomic mass is 32.2. The molecule has 1 aliphatic heterocycles. The maximum atomic E-state index is 6.61. The Balaban J connectivity index is 1.27. The Bertz CT molecular complexity index is 3130. The van der Waals surface area contributed by atoms with E-state index in [2.05, 4.69) is 137 Å². The molecule has 4 aromatic heterocycles. The van der Waals surface area contributed by atoms with Crippen LogP contribution in [0.2, 0.25) is 0 Å². The summed E-state index contributed by atoms with van der Waals surface area (Å²) in [6.07, 6.45) is 8.06. The maximum absolute atomic E-state index is 6.61. The van der Waals surface area contributed by atoms with Crippen molar-refractivity contribution in [1.29, 1.82) is 0 Å². The average molecular weight is 673 g/mol. The molecule has 0 spiro atoms. The summed E-state index contributed by atoms with van der Waals surface area (Å²) in [5, 5.41) is 6.72. The Morgan fingerprint density at radius 3 is 2.35 bits per heavy atom. The summed E-state index contributed by atoms with van der Waals surface area (Å²) < 4.78 is 11.2. The lowest BCUT2D eigenvalue weighted by Crippen LogP contribution is -2.05. The molecule has 51 heavy (non-hydrogen) atoms. The molecule has 0 N–H and O–H groups in total. The van der Waals surface area contributed by atoms with E-state index in [1.807, 2.05) is 31.2 Å². The standard InChI is InChI=1S/C45H28N4OS/c1-2-3-5-15-29-24-27-22-23-36-41(44(27)50-29)33-25-32-30-16-8-10-19-35(30)49(37(32)26-38(33)48(36)28-13-6-4-7-14-28)45-46-34-18-12-21-40-42(34)43(47-45)31-17-9-11-20-39(31)51-40/h2-26H,1H3/b3-2-,15-5-. The molecule has 6 aromatic carbocycles. The lowest BCUT2D eigenvalue weighted by Gasteiger charge is -2.20. The van der Waals surface area contributed by atoms with Crippen LogP contribution >= 0.6 is 11.8 Å². The Labute approximate surface area is 296 Å². The van der Waals surface area contributed by atoms with Crippen LogP contribution in [-0.4, -0.2) is 19.1 Å². The molecule has 0 bridgehead atoms. The second-order valence-electron chi connectivity index (χ2n) is 12.9. The van der Waals surface area contributed by atoms with Gasteiger partial charge in [0.1, 0.15) is 11.3 Å². The molecule has 240 valence electrons. The van der Waals surface area contributed by atoms with Crippen molar-refractivity contribution in [2.75, 3.05) is 0 Å². The third kappa shape index (κ3) is 4.11. The summed E-state index contributed by atoms with van der Waals surface area (Å²) in [5.74, 6) is 1.49. The molecule has 0 aliphatic carbocycles. The molecule has 10 aromatic rings. The summed E-state index contributed by atoms with van der Waals surface area (Å²) >= 11 is 1.79. The molecular weight excluding hydrogens is 645 g/mol. The van der Waals surface area contributed by atoms with Crippen LogP contribution in [0.4, 0.5) is 0 Å². The van der Waals surface area contributed by atoms with Crippen molar-refractivity contribution in [2.45, 2.75) is 16.7 Å². The first-order valence-electron chi connectivity index (χ1n) is 17.1. The molecule has 0 fully saturated rings. The van der Waals surface area contributed by atoms with Gasteiger partial charge in [0.15, 0.2) is 0 Å². The zero-order chi connectivity index (χ0) is 33.6. The Hall–Kier alpha value is -6.37. The van der Waals surface area contributed by atoms with E-state index in [-0.39, 0.29) is 0 Å². The predicted octanol–water partition coefficient (Wildman–Crippen LogP) is 12.3. The normalized spacial score (nSPS) is 13.0. The number of fused-ring (bicyclic) bond motifs is 10. The maximum Gasteiger partial charge on any atom is 0.235 e. The fraction of sp³-hybridized carbons (Fsp3) is 0.0222. The predicted molar refractivity (Wildman–Crippen MR) is 211 cm³/mol. The minimum atomic E-state index is 0.662. The Morgan fingerprint density at radius 1 is 0.608 bits per heavy atom. The smallest absolute Gasteiger partial charge is 0.235 e. The van der Waals surface area contributed by atoms with Crippen molar-refractivity contribution in [1.82, 2.24) is 19.1 Å². The molecule has 5 nitrogen and oxygen atoms in total. The SMILES string of the molecule is C/C=C\C=C/c1cc2ccc3c(c4cc5c6ccccc6n(-c6nc7c8c(cccc8n6)Sc6ccccc6-7)c5cc4n3-c3ccccc3)c2o1. The van der Waals surface area contributed by atoms with E-state index in [0.29, 0.717) is 5.95 Å². The van der Waals surface area contributed by atoms with Gasteiger partial charge in [-0.3, -0.25) is 4.57 Å². The first-order chi connectivity index (χ1) is 25.2. The van der Waals surface area contributed by atoms with E-state index in [1.165, 1.54) is 9.79 Å². The van der Waals surface area contributed by atoms with Crippen LogP contribution < -0.4 is 0 Å². The number of rotatable bonds is 4. The number of allylic oxidation sites excluding steroid dienone is 3. The van der Waals surface area contributed by atoms with Gasteiger partial charge in [0.05, 0.1) is 38.7 Å². The van der Waals surface area contributed by atoms with E-state index in [0.717, 1.165) is 88.2 Å². The molecule has 0 saturated heterocycles. The van der Waals surface area contributed by atoms with Crippen molar-refractivity contribution in [3.8, 4) is 22.9 Å². The highest BCUT2D eigenvalue weighted by Gasteiger charge is 2.25. The fourth-order valence-electron chi connectivity index (χ4n) is 7.88. The number of aromatic nitrogens is 4. The highest BCUT2D eigenvalue weighted by Crippen LogP contribution is 2.47. The monoisotopic (exact) mass is 672 g/mol. The van der Waals surface area contributed by atoms with Crippen LogP contribution in [-0.2, 0) is 0 Å². The Morgan fingerprint density at radius 2 is 1.43 bits per heavy atom. The Kier molecular flexibility index (Phi) is 6.04. The molecular formula is C45H28N4OS. The number of hydrogen-bond acceptors (Lipinski definition) is 4. The minimum absolute atomic E-state index is 0.662. The molecule has 1 aliphatic rings. The van der Waals surface area contributed by atoms with Crippen LogP contribution in [0.1, 0.15) is 12.7 Å². The molecule has 6 heteroatoms. The lowest BCUT2D eigenvalue weighted by molar-refractivity contribution is 0.607. The summed E-state index contributed by atoms with van der Waals surface area (Å²) in [6.45, 7) is 2.01. The van der Waals surface area contributed by atoms with E-state index >= 15 is 0 Å². The van der Waals surface area contributed by atoms with Crippen LogP contribution in [0, 0.1) is 0 Å². The van der Waals surface area contributed by atoms with Gasteiger partial charge in [-0.15, -0.1) is 0 Å². The summed E-state index contributed by atoms with van der Waals surface area (Å²) in [7, 11) is 0. The van der Waals surface area contributed by atoms with Gasteiger partial charge in [0.2, 0.25) is 5.95 Å². The average Bonchev–Trinajstić information content (AvgIpc) is 3.84. The second-order valence-corrected chi connectivity index (χ2v) is 14.0. The van der Waals surface area contributed by atoms with Gasteiger partial charge < -0.3 is 8.98 Å². The van der Waals surface area contributed by atoms with Crippen molar-refractivity contribution in [2.24, 2.45) is 0 Å². The molecule has 0 saturated carbocycles. The number of para-hydroxylation sites is 2. The van der Waals surface area contributed by atoms with Gasteiger partial charge in [0.25, 0.3) is 0 Å². The zero-order valence-electron chi connectivity index (χ0n) is 27.5. The fourth-order valence-corrected chi connectivity index (χ4v) is 8.99. The minimum Gasteiger partial charge on any atom is -0.456 e.